The Labute approximate surface area is 91.4 Å². The largest absolute Gasteiger partial charge is 0.480 e. The van der Waals surface area contributed by atoms with Crippen molar-refractivity contribution >= 4 is 5.97 Å². The Balaban J connectivity index is 2.47. The third-order valence-electron chi connectivity index (χ3n) is 3.27. The van der Waals surface area contributed by atoms with Crippen molar-refractivity contribution in [2.45, 2.75) is 51.1 Å². The van der Waals surface area contributed by atoms with E-state index in [4.69, 9.17) is 10.8 Å². The van der Waals surface area contributed by atoms with Crippen molar-refractivity contribution in [1.29, 1.82) is 0 Å². The van der Waals surface area contributed by atoms with Gasteiger partial charge < -0.3 is 10.8 Å². The van der Waals surface area contributed by atoms with E-state index in [0.717, 1.165) is 25.9 Å². The number of carbonyl (C=O) groups is 1. The number of aliphatic carboxylic acids is 1. The van der Waals surface area contributed by atoms with Crippen molar-refractivity contribution in [2.75, 3.05) is 13.1 Å². The number of nitrogens with two attached hydrogens (primary N) is 1. The molecule has 1 aliphatic heterocycles. The number of carboxylic acids is 1. The zero-order valence-corrected chi connectivity index (χ0v) is 9.48. The van der Waals surface area contributed by atoms with E-state index in [9.17, 15) is 4.79 Å². The minimum absolute atomic E-state index is 0.0550. The van der Waals surface area contributed by atoms with Gasteiger partial charge in [0, 0.05) is 6.04 Å². The molecule has 0 spiro atoms. The van der Waals surface area contributed by atoms with E-state index < -0.39 is 12.0 Å². The molecule has 1 heterocycles. The van der Waals surface area contributed by atoms with Crippen molar-refractivity contribution < 1.29 is 9.90 Å². The Morgan fingerprint density at radius 3 is 2.13 bits per heavy atom. The monoisotopic (exact) mass is 214 g/mol. The molecule has 0 aromatic rings. The molecule has 1 fully saturated rings. The van der Waals surface area contributed by atoms with Gasteiger partial charge in [-0.15, -0.1) is 0 Å². The molecule has 1 saturated heterocycles. The molecule has 2 atom stereocenters. The molecule has 1 aliphatic rings. The van der Waals surface area contributed by atoms with Crippen LogP contribution in [-0.2, 0) is 4.79 Å². The van der Waals surface area contributed by atoms with Crippen molar-refractivity contribution in [3.05, 3.63) is 0 Å². The van der Waals surface area contributed by atoms with E-state index in [-0.39, 0.29) is 6.04 Å². The summed E-state index contributed by atoms with van der Waals surface area (Å²) in [7, 11) is 0. The van der Waals surface area contributed by atoms with E-state index in [2.05, 4.69) is 4.90 Å². The first-order valence-electron chi connectivity index (χ1n) is 5.85. The smallest absolute Gasteiger partial charge is 0.322 e. The molecule has 3 N–H and O–H groups in total. The lowest BCUT2D eigenvalue weighted by Gasteiger charge is -2.32. The lowest BCUT2D eigenvalue weighted by atomic mass is 10.0. The summed E-state index contributed by atoms with van der Waals surface area (Å²) < 4.78 is 0. The van der Waals surface area contributed by atoms with Gasteiger partial charge in [0.2, 0.25) is 0 Å². The Hall–Kier alpha value is -0.610. The molecular formula is C11H22N2O2. The maximum Gasteiger partial charge on any atom is 0.322 e. The van der Waals surface area contributed by atoms with E-state index in [0.29, 0.717) is 0 Å². The summed E-state index contributed by atoms with van der Waals surface area (Å²) in [5.74, 6) is -0.899. The molecule has 88 valence electrons. The fourth-order valence-corrected chi connectivity index (χ4v) is 2.11. The summed E-state index contributed by atoms with van der Waals surface area (Å²) in [4.78, 5) is 13.0. The van der Waals surface area contributed by atoms with E-state index in [1.54, 1.807) is 0 Å². The van der Waals surface area contributed by atoms with Gasteiger partial charge in [0.1, 0.15) is 6.04 Å². The second kappa shape index (κ2) is 6.08. The van der Waals surface area contributed by atoms with Crippen LogP contribution in [0.15, 0.2) is 0 Å². The first-order chi connectivity index (χ1) is 7.13. The van der Waals surface area contributed by atoms with Crippen molar-refractivity contribution in [2.24, 2.45) is 5.73 Å². The molecule has 0 bridgehead atoms. The van der Waals surface area contributed by atoms with Crippen LogP contribution in [0.2, 0.25) is 0 Å². The molecule has 2 unspecified atom stereocenters. The van der Waals surface area contributed by atoms with Crippen LogP contribution in [0.25, 0.3) is 0 Å². The molecule has 0 aromatic carbocycles. The molecule has 4 heteroatoms. The molecular weight excluding hydrogens is 192 g/mol. The fourth-order valence-electron chi connectivity index (χ4n) is 2.11. The molecule has 0 amide bonds. The average molecular weight is 214 g/mol. The summed E-state index contributed by atoms with van der Waals surface area (Å²) in [5, 5.41) is 8.86. The number of likely N-dealkylation sites (tertiary alicyclic amines) is 1. The molecule has 4 nitrogen and oxygen atoms in total. The number of rotatable bonds is 3. The van der Waals surface area contributed by atoms with E-state index >= 15 is 0 Å². The SMILES string of the molecule is CC(C(N)C(=O)O)N1CCCCCCC1. The molecule has 0 radical (unpaired) electrons. The summed E-state index contributed by atoms with van der Waals surface area (Å²) in [6.07, 6.45) is 6.15. The van der Waals surface area contributed by atoms with Crippen molar-refractivity contribution in [3.63, 3.8) is 0 Å². The van der Waals surface area contributed by atoms with Crippen LogP contribution in [0.3, 0.4) is 0 Å². The van der Waals surface area contributed by atoms with Gasteiger partial charge in [-0.1, -0.05) is 19.3 Å². The highest BCUT2D eigenvalue weighted by Gasteiger charge is 2.25. The van der Waals surface area contributed by atoms with Crippen LogP contribution in [-0.4, -0.2) is 41.1 Å². The second-order valence-corrected chi connectivity index (χ2v) is 4.41. The minimum Gasteiger partial charge on any atom is -0.480 e. The predicted molar refractivity (Wildman–Crippen MR) is 59.7 cm³/mol. The third-order valence-corrected chi connectivity index (χ3v) is 3.27. The topological polar surface area (TPSA) is 66.6 Å². The number of hydrogen-bond donors (Lipinski definition) is 2. The number of carboxylic acid groups (broad SMARTS) is 1. The summed E-state index contributed by atoms with van der Waals surface area (Å²) >= 11 is 0. The van der Waals surface area contributed by atoms with E-state index in [1.807, 2.05) is 6.92 Å². The first-order valence-corrected chi connectivity index (χ1v) is 5.85. The molecule has 15 heavy (non-hydrogen) atoms. The third kappa shape index (κ3) is 3.80. The van der Waals surface area contributed by atoms with E-state index in [1.165, 1.54) is 19.3 Å². The van der Waals surface area contributed by atoms with Crippen LogP contribution < -0.4 is 5.73 Å². The van der Waals surface area contributed by atoms with Crippen LogP contribution in [0.1, 0.15) is 39.0 Å². The zero-order chi connectivity index (χ0) is 11.3. The minimum atomic E-state index is -0.899. The molecule has 0 aliphatic carbocycles. The van der Waals surface area contributed by atoms with Crippen molar-refractivity contribution in [1.82, 2.24) is 4.90 Å². The summed E-state index contributed by atoms with van der Waals surface area (Å²) in [6, 6.07) is -0.815. The van der Waals surface area contributed by atoms with Gasteiger partial charge >= 0.3 is 5.97 Å². The first kappa shape index (κ1) is 12.5. The maximum atomic E-state index is 10.8. The summed E-state index contributed by atoms with van der Waals surface area (Å²) in [6.45, 7) is 3.89. The Morgan fingerprint density at radius 1 is 1.20 bits per heavy atom. The summed E-state index contributed by atoms with van der Waals surface area (Å²) in [5.41, 5.74) is 5.64. The maximum absolute atomic E-state index is 10.8. The molecule has 1 rings (SSSR count). The Morgan fingerprint density at radius 2 is 1.67 bits per heavy atom. The Bertz CT molecular complexity index is 201. The zero-order valence-electron chi connectivity index (χ0n) is 9.48. The fraction of sp³-hybridized carbons (Fsp3) is 0.909. The number of nitrogens with zero attached hydrogens (tertiary/aromatic N) is 1. The Kier molecular flexibility index (Phi) is 5.05. The quantitative estimate of drug-likeness (QED) is 0.737. The van der Waals surface area contributed by atoms with Gasteiger partial charge in [0.15, 0.2) is 0 Å². The average Bonchev–Trinajstić information content (AvgIpc) is 2.15. The molecule has 0 saturated carbocycles. The van der Waals surface area contributed by atoms with Crippen LogP contribution >= 0.6 is 0 Å². The van der Waals surface area contributed by atoms with Crippen LogP contribution in [0.4, 0.5) is 0 Å². The second-order valence-electron chi connectivity index (χ2n) is 4.41. The normalized spacial score (nSPS) is 23.9. The lowest BCUT2D eigenvalue weighted by molar-refractivity contribution is -0.140. The number of hydrogen-bond acceptors (Lipinski definition) is 3. The highest BCUT2D eigenvalue weighted by Crippen LogP contribution is 2.13. The van der Waals surface area contributed by atoms with Crippen molar-refractivity contribution in [3.8, 4) is 0 Å². The lowest BCUT2D eigenvalue weighted by Crippen LogP contribution is -2.50. The van der Waals surface area contributed by atoms with Crippen LogP contribution in [0.5, 0.6) is 0 Å². The predicted octanol–water partition coefficient (Wildman–Crippen LogP) is 1.05. The van der Waals surface area contributed by atoms with Gasteiger partial charge in [0.25, 0.3) is 0 Å². The standard InChI is InChI=1S/C11H22N2O2/c1-9(10(12)11(14)15)13-7-5-3-2-4-6-8-13/h9-10H,2-8,12H2,1H3,(H,14,15). The van der Waals surface area contributed by atoms with Gasteiger partial charge in [-0.05, 0) is 32.9 Å². The van der Waals surface area contributed by atoms with Gasteiger partial charge in [-0.3, -0.25) is 9.69 Å². The highest BCUT2D eigenvalue weighted by molar-refractivity contribution is 5.74. The van der Waals surface area contributed by atoms with Gasteiger partial charge in [-0.2, -0.15) is 0 Å². The van der Waals surface area contributed by atoms with Gasteiger partial charge in [-0.25, -0.2) is 0 Å². The van der Waals surface area contributed by atoms with Crippen LogP contribution in [0, 0.1) is 0 Å². The van der Waals surface area contributed by atoms with Gasteiger partial charge in [0.05, 0.1) is 0 Å². The highest BCUT2D eigenvalue weighted by atomic mass is 16.4. The molecule has 0 aromatic heterocycles.